The number of thiazole rings is 1. The molecule has 1 saturated heterocycles. The van der Waals surface area contributed by atoms with Crippen LogP contribution in [0.3, 0.4) is 0 Å². The van der Waals surface area contributed by atoms with Crippen molar-refractivity contribution >= 4 is 23.1 Å². The van der Waals surface area contributed by atoms with E-state index in [9.17, 15) is 0 Å². The molecule has 2 heterocycles. The predicted octanol–water partition coefficient (Wildman–Crippen LogP) is 3.12. The molecule has 0 aromatic carbocycles. The van der Waals surface area contributed by atoms with Gasteiger partial charge in [0.25, 0.3) is 0 Å². The van der Waals surface area contributed by atoms with Gasteiger partial charge in [-0.05, 0) is 12.2 Å². The molecule has 0 aliphatic carbocycles. The highest BCUT2D eigenvalue weighted by Gasteiger charge is 2.41. The first-order valence-electron chi connectivity index (χ1n) is 5.71. The molecule has 16 heavy (non-hydrogen) atoms. The van der Waals surface area contributed by atoms with Gasteiger partial charge in [-0.25, -0.2) is 4.98 Å². The lowest BCUT2D eigenvalue weighted by Crippen LogP contribution is -2.41. The molecule has 2 N–H and O–H groups in total. The second-order valence-electron chi connectivity index (χ2n) is 5.59. The van der Waals surface area contributed by atoms with E-state index in [0.29, 0.717) is 5.25 Å². The van der Waals surface area contributed by atoms with Crippen LogP contribution in [0.2, 0.25) is 0 Å². The molecule has 1 aromatic heterocycles. The molecule has 1 aliphatic rings. The fraction of sp³-hybridized carbons (Fsp3) is 0.750. The van der Waals surface area contributed by atoms with Gasteiger partial charge in [-0.15, -0.1) is 11.3 Å². The Bertz CT molecular complexity index is 381. The van der Waals surface area contributed by atoms with Crippen LogP contribution >= 0.6 is 23.1 Å². The summed E-state index contributed by atoms with van der Waals surface area (Å²) in [5, 5.41) is 3.76. The van der Waals surface area contributed by atoms with Crippen molar-refractivity contribution in [3.63, 3.8) is 0 Å². The average Bonchev–Trinajstić information content (AvgIpc) is 2.74. The van der Waals surface area contributed by atoms with E-state index in [0.717, 1.165) is 17.2 Å². The van der Waals surface area contributed by atoms with E-state index in [1.165, 1.54) is 5.69 Å². The van der Waals surface area contributed by atoms with Gasteiger partial charge < -0.3 is 5.73 Å². The van der Waals surface area contributed by atoms with Crippen LogP contribution in [0.5, 0.6) is 0 Å². The summed E-state index contributed by atoms with van der Waals surface area (Å²) < 4.78 is 0. The average molecular weight is 256 g/mol. The minimum absolute atomic E-state index is 0.125. The number of nitrogens with two attached hydrogens (primary N) is 1. The van der Waals surface area contributed by atoms with Gasteiger partial charge in [0.15, 0.2) is 0 Å². The SMILES string of the molecule is CC1SCCC1(N)c1nc(C(C)(C)C)cs1. The lowest BCUT2D eigenvalue weighted by Gasteiger charge is -2.25. The van der Waals surface area contributed by atoms with E-state index in [4.69, 9.17) is 10.7 Å². The van der Waals surface area contributed by atoms with Crippen LogP contribution in [0.4, 0.5) is 0 Å². The second kappa shape index (κ2) is 4.00. The van der Waals surface area contributed by atoms with Crippen LogP contribution in [0.1, 0.15) is 44.8 Å². The topological polar surface area (TPSA) is 38.9 Å². The normalized spacial score (nSPS) is 30.9. The van der Waals surface area contributed by atoms with E-state index >= 15 is 0 Å². The molecule has 0 spiro atoms. The first kappa shape index (κ1) is 12.4. The lowest BCUT2D eigenvalue weighted by molar-refractivity contribution is 0.441. The summed E-state index contributed by atoms with van der Waals surface area (Å²) in [7, 11) is 0. The molecule has 4 heteroatoms. The smallest absolute Gasteiger partial charge is 0.114 e. The Morgan fingerprint density at radius 2 is 2.19 bits per heavy atom. The number of hydrogen-bond donors (Lipinski definition) is 1. The Hall–Kier alpha value is -0.0600. The molecule has 1 aromatic rings. The van der Waals surface area contributed by atoms with E-state index < -0.39 is 0 Å². The third-order valence-electron chi connectivity index (χ3n) is 3.28. The van der Waals surface area contributed by atoms with Crippen LogP contribution in [-0.4, -0.2) is 16.0 Å². The number of rotatable bonds is 1. The molecule has 0 amide bonds. The minimum atomic E-state index is -0.196. The van der Waals surface area contributed by atoms with Crippen molar-refractivity contribution in [1.29, 1.82) is 0 Å². The zero-order chi connectivity index (χ0) is 12.0. The van der Waals surface area contributed by atoms with E-state index in [-0.39, 0.29) is 11.0 Å². The third kappa shape index (κ3) is 2.03. The van der Waals surface area contributed by atoms with Crippen molar-refractivity contribution in [2.45, 2.75) is 50.3 Å². The molecule has 2 rings (SSSR count). The summed E-state index contributed by atoms with van der Waals surface area (Å²) in [6.07, 6.45) is 1.05. The quantitative estimate of drug-likeness (QED) is 0.839. The summed E-state index contributed by atoms with van der Waals surface area (Å²) in [4.78, 5) is 4.77. The molecule has 90 valence electrons. The Morgan fingerprint density at radius 3 is 2.62 bits per heavy atom. The Labute approximate surface area is 106 Å². The van der Waals surface area contributed by atoms with Crippen LogP contribution in [0.25, 0.3) is 0 Å². The van der Waals surface area contributed by atoms with Crippen molar-refractivity contribution in [3.05, 3.63) is 16.1 Å². The van der Waals surface area contributed by atoms with Crippen molar-refractivity contribution in [2.75, 3.05) is 5.75 Å². The van der Waals surface area contributed by atoms with E-state index in [1.54, 1.807) is 11.3 Å². The Balaban J connectivity index is 2.32. The van der Waals surface area contributed by atoms with Gasteiger partial charge in [0.2, 0.25) is 0 Å². The van der Waals surface area contributed by atoms with Crippen molar-refractivity contribution in [2.24, 2.45) is 5.73 Å². The lowest BCUT2D eigenvalue weighted by atomic mass is 9.92. The maximum atomic E-state index is 6.51. The molecule has 2 nitrogen and oxygen atoms in total. The van der Waals surface area contributed by atoms with Gasteiger partial charge in [0.1, 0.15) is 5.01 Å². The van der Waals surface area contributed by atoms with E-state index in [1.807, 2.05) is 11.8 Å². The largest absolute Gasteiger partial charge is 0.318 e. The monoisotopic (exact) mass is 256 g/mol. The van der Waals surface area contributed by atoms with Gasteiger partial charge in [0.05, 0.1) is 11.2 Å². The maximum Gasteiger partial charge on any atom is 0.114 e. The van der Waals surface area contributed by atoms with Crippen molar-refractivity contribution in [3.8, 4) is 0 Å². The standard InChI is InChI=1S/C12H20N2S2/c1-8-12(13,5-6-15-8)10-14-9(7-16-10)11(2,3)4/h7-8H,5-6,13H2,1-4H3. The van der Waals surface area contributed by atoms with Crippen molar-refractivity contribution in [1.82, 2.24) is 4.98 Å². The molecule has 0 bridgehead atoms. The molecule has 2 unspecified atom stereocenters. The molecule has 2 atom stereocenters. The highest BCUT2D eigenvalue weighted by molar-refractivity contribution is 8.00. The van der Waals surface area contributed by atoms with Gasteiger partial charge in [0, 0.05) is 16.0 Å². The second-order valence-corrected chi connectivity index (χ2v) is 7.90. The summed E-state index contributed by atoms with van der Waals surface area (Å²) >= 11 is 3.68. The molecule has 0 radical (unpaired) electrons. The Morgan fingerprint density at radius 1 is 1.50 bits per heavy atom. The predicted molar refractivity (Wildman–Crippen MR) is 73.2 cm³/mol. The number of aromatic nitrogens is 1. The Kier molecular flexibility index (Phi) is 3.10. The molecule has 0 saturated carbocycles. The number of nitrogens with zero attached hydrogens (tertiary/aromatic N) is 1. The fourth-order valence-corrected chi connectivity index (χ4v) is 4.56. The highest BCUT2D eigenvalue weighted by atomic mass is 32.2. The maximum absolute atomic E-state index is 6.51. The first-order chi connectivity index (χ1) is 7.34. The van der Waals surface area contributed by atoms with Gasteiger partial charge in [-0.1, -0.05) is 27.7 Å². The first-order valence-corrected chi connectivity index (χ1v) is 7.64. The van der Waals surface area contributed by atoms with Gasteiger partial charge in [-0.3, -0.25) is 0 Å². The number of thioether (sulfide) groups is 1. The number of hydrogen-bond acceptors (Lipinski definition) is 4. The molecular formula is C12H20N2S2. The summed E-state index contributed by atoms with van der Waals surface area (Å²) in [6, 6.07) is 0. The summed E-state index contributed by atoms with van der Waals surface area (Å²) in [5.74, 6) is 1.15. The minimum Gasteiger partial charge on any atom is -0.318 e. The van der Waals surface area contributed by atoms with Crippen LogP contribution in [0, 0.1) is 0 Å². The van der Waals surface area contributed by atoms with Crippen molar-refractivity contribution < 1.29 is 0 Å². The summed E-state index contributed by atoms with van der Waals surface area (Å²) in [6.45, 7) is 8.81. The highest BCUT2D eigenvalue weighted by Crippen LogP contribution is 2.42. The third-order valence-corrected chi connectivity index (χ3v) is 5.68. The molecular weight excluding hydrogens is 236 g/mol. The van der Waals surface area contributed by atoms with Gasteiger partial charge in [-0.2, -0.15) is 11.8 Å². The van der Waals surface area contributed by atoms with E-state index in [2.05, 4.69) is 33.1 Å². The van der Waals surface area contributed by atoms with Crippen LogP contribution in [-0.2, 0) is 11.0 Å². The molecule has 1 aliphatic heterocycles. The molecule has 1 fully saturated rings. The van der Waals surface area contributed by atoms with Crippen LogP contribution < -0.4 is 5.73 Å². The fourth-order valence-electron chi connectivity index (χ4n) is 1.87. The summed E-state index contributed by atoms with van der Waals surface area (Å²) in [5.41, 5.74) is 7.61. The van der Waals surface area contributed by atoms with Crippen LogP contribution in [0.15, 0.2) is 5.38 Å². The zero-order valence-corrected chi connectivity index (χ0v) is 12.0. The zero-order valence-electron chi connectivity index (χ0n) is 10.4. The van der Waals surface area contributed by atoms with Gasteiger partial charge >= 0.3 is 0 Å².